The SMILES string of the molecule is S=C(NNC1c2ncccc2-c2cccnc21)N1CCNCC1. The van der Waals surface area contributed by atoms with E-state index >= 15 is 0 Å². The van der Waals surface area contributed by atoms with E-state index in [2.05, 4.69) is 43.2 Å². The van der Waals surface area contributed by atoms with Gasteiger partial charge in [-0.25, -0.2) is 5.43 Å². The van der Waals surface area contributed by atoms with E-state index in [1.54, 1.807) is 0 Å². The van der Waals surface area contributed by atoms with Crippen LogP contribution in [0.5, 0.6) is 0 Å². The summed E-state index contributed by atoms with van der Waals surface area (Å²) in [5, 5.41) is 4.04. The topological polar surface area (TPSA) is 65.1 Å². The molecule has 6 nitrogen and oxygen atoms in total. The summed E-state index contributed by atoms with van der Waals surface area (Å²) >= 11 is 5.49. The molecule has 7 heteroatoms. The molecule has 23 heavy (non-hydrogen) atoms. The van der Waals surface area contributed by atoms with Crippen molar-refractivity contribution in [1.29, 1.82) is 0 Å². The molecule has 2 aromatic heterocycles. The van der Waals surface area contributed by atoms with Gasteiger partial charge in [-0.1, -0.05) is 12.1 Å². The fraction of sp³-hybridized carbons (Fsp3) is 0.312. The summed E-state index contributed by atoms with van der Waals surface area (Å²) in [4.78, 5) is 11.2. The minimum atomic E-state index is -0.0942. The predicted molar refractivity (Wildman–Crippen MR) is 92.6 cm³/mol. The molecule has 0 amide bonds. The third-order valence-corrected chi connectivity index (χ3v) is 4.60. The zero-order chi connectivity index (χ0) is 15.6. The van der Waals surface area contributed by atoms with Crippen molar-refractivity contribution in [2.45, 2.75) is 6.04 Å². The molecule has 1 aliphatic heterocycles. The molecule has 0 saturated carbocycles. The quantitative estimate of drug-likeness (QED) is 0.558. The third kappa shape index (κ3) is 2.67. The minimum Gasteiger partial charge on any atom is -0.346 e. The largest absolute Gasteiger partial charge is 0.346 e. The van der Waals surface area contributed by atoms with E-state index in [0.29, 0.717) is 5.11 Å². The van der Waals surface area contributed by atoms with Gasteiger partial charge < -0.3 is 10.2 Å². The van der Waals surface area contributed by atoms with E-state index in [0.717, 1.165) is 48.7 Å². The van der Waals surface area contributed by atoms with Gasteiger partial charge in [-0.15, -0.1) is 0 Å². The van der Waals surface area contributed by atoms with E-state index in [-0.39, 0.29) is 6.04 Å². The van der Waals surface area contributed by atoms with Crippen LogP contribution in [0.25, 0.3) is 11.1 Å². The Morgan fingerprint density at radius 2 is 1.70 bits per heavy atom. The van der Waals surface area contributed by atoms with Crippen molar-refractivity contribution in [3.8, 4) is 11.1 Å². The van der Waals surface area contributed by atoms with Crippen molar-refractivity contribution in [1.82, 2.24) is 31.0 Å². The lowest BCUT2D eigenvalue weighted by Crippen LogP contribution is -2.53. The molecule has 0 spiro atoms. The van der Waals surface area contributed by atoms with Gasteiger partial charge in [-0.2, -0.15) is 0 Å². The standard InChI is InChI=1S/C16H18N6S/c23-16(22-9-7-17-8-10-22)21-20-15-13-11(3-1-5-18-13)12-4-2-6-19-14(12)15/h1-6,15,17,20H,7-10H2,(H,21,23). The summed E-state index contributed by atoms with van der Waals surface area (Å²) in [6, 6.07) is 7.98. The van der Waals surface area contributed by atoms with E-state index in [1.165, 1.54) is 0 Å². The van der Waals surface area contributed by atoms with Gasteiger partial charge in [0.05, 0.1) is 11.4 Å². The molecule has 3 N–H and O–H groups in total. The van der Waals surface area contributed by atoms with Crippen LogP contribution >= 0.6 is 12.2 Å². The maximum atomic E-state index is 5.49. The Morgan fingerprint density at radius 3 is 2.30 bits per heavy atom. The molecule has 1 saturated heterocycles. The molecule has 1 fully saturated rings. The number of hydrogen-bond donors (Lipinski definition) is 3. The van der Waals surface area contributed by atoms with Gasteiger partial charge in [0.25, 0.3) is 0 Å². The van der Waals surface area contributed by atoms with Crippen LogP contribution in [0.4, 0.5) is 0 Å². The summed E-state index contributed by atoms with van der Waals surface area (Å²) in [6.07, 6.45) is 3.63. The first-order chi connectivity index (χ1) is 11.3. The first kappa shape index (κ1) is 14.5. The van der Waals surface area contributed by atoms with Crippen molar-refractivity contribution in [2.75, 3.05) is 26.2 Å². The zero-order valence-corrected chi connectivity index (χ0v) is 13.4. The molecule has 118 valence electrons. The van der Waals surface area contributed by atoms with Gasteiger partial charge >= 0.3 is 0 Å². The van der Waals surface area contributed by atoms with Gasteiger partial charge in [0.1, 0.15) is 6.04 Å². The highest BCUT2D eigenvalue weighted by Crippen LogP contribution is 2.40. The third-order valence-electron chi connectivity index (χ3n) is 4.24. The number of aromatic nitrogens is 2. The second kappa shape index (κ2) is 6.19. The molecule has 1 aliphatic carbocycles. The second-order valence-corrected chi connectivity index (χ2v) is 6.00. The van der Waals surface area contributed by atoms with Crippen molar-refractivity contribution < 1.29 is 0 Å². The number of thiocarbonyl (C=S) groups is 1. The average molecular weight is 326 g/mol. The lowest BCUT2D eigenvalue weighted by atomic mass is 10.1. The molecule has 0 radical (unpaired) electrons. The molecule has 0 aromatic carbocycles. The number of piperazine rings is 1. The smallest absolute Gasteiger partial charge is 0.183 e. The Balaban J connectivity index is 1.53. The molecule has 0 unspecified atom stereocenters. The molecular formula is C16H18N6S. The van der Waals surface area contributed by atoms with Crippen molar-refractivity contribution in [2.24, 2.45) is 0 Å². The first-order valence-electron chi connectivity index (χ1n) is 7.76. The molecule has 2 aliphatic rings. The second-order valence-electron chi connectivity index (χ2n) is 5.62. The molecule has 4 rings (SSSR count). The van der Waals surface area contributed by atoms with Crippen LogP contribution in [0.3, 0.4) is 0 Å². The van der Waals surface area contributed by atoms with E-state index in [9.17, 15) is 0 Å². The normalized spacial score (nSPS) is 16.8. The Labute approximate surface area is 140 Å². The predicted octanol–water partition coefficient (Wildman–Crippen LogP) is 0.831. The number of fused-ring (bicyclic) bond motifs is 3. The van der Waals surface area contributed by atoms with Crippen LogP contribution in [0.15, 0.2) is 36.7 Å². The van der Waals surface area contributed by atoms with E-state index < -0.39 is 0 Å². The molecule has 3 heterocycles. The van der Waals surface area contributed by atoms with Crippen molar-refractivity contribution in [3.05, 3.63) is 48.0 Å². The van der Waals surface area contributed by atoms with Gasteiger partial charge in [0, 0.05) is 49.7 Å². The van der Waals surface area contributed by atoms with Crippen LogP contribution in [0.2, 0.25) is 0 Å². The summed E-state index contributed by atoms with van der Waals surface area (Å²) in [6.45, 7) is 3.75. The first-order valence-corrected chi connectivity index (χ1v) is 8.17. The lowest BCUT2D eigenvalue weighted by molar-refractivity contribution is 0.345. The van der Waals surface area contributed by atoms with Gasteiger partial charge in [-0.3, -0.25) is 15.4 Å². The number of nitrogens with one attached hydrogen (secondary N) is 3. The van der Waals surface area contributed by atoms with E-state index in [1.807, 2.05) is 24.5 Å². The highest BCUT2D eigenvalue weighted by molar-refractivity contribution is 7.80. The minimum absolute atomic E-state index is 0.0942. The molecule has 0 bridgehead atoms. The maximum Gasteiger partial charge on any atom is 0.183 e. The molecular weight excluding hydrogens is 308 g/mol. The van der Waals surface area contributed by atoms with Gasteiger partial charge in [0.15, 0.2) is 5.11 Å². The van der Waals surface area contributed by atoms with Gasteiger partial charge in [0.2, 0.25) is 0 Å². The van der Waals surface area contributed by atoms with Crippen molar-refractivity contribution in [3.63, 3.8) is 0 Å². The maximum absolute atomic E-state index is 5.49. The van der Waals surface area contributed by atoms with Crippen LogP contribution in [-0.4, -0.2) is 46.2 Å². The van der Waals surface area contributed by atoms with Gasteiger partial charge in [-0.05, 0) is 24.4 Å². The number of rotatable bonds is 2. The van der Waals surface area contributed by atoms with E-state index in [4.69, 9.17) is 12.2 Å². The number of hydrazine groups is 1. The zero-order valence-electron chi connectivity index (χ0n) is 12.6. The highest BCUT2D eigenvalue weighted by Gasteiger charge is 2.31. The number of hydrogen-bond acceptors (Lipinski definition) is 5. The fourth-order valence-corrected chi connectivity index (χ4v) is 3.34. The molecule has 2 aromatic rings. The van der Waals surface area contributed by atoms with Crippen LogP contribution in [-0.2, 0) is 0 Å². The number of pyridine rings is 2. The Hall–Kier alpha value is -2.09. The lowest BCUT2D eigenvalue weighted by Gasteiger charge is -2.30. The number of nitrogens with zero attached hydrogens (tertiary/aromatic N) is 3. The van der Waals surface area contributed by atoms with Crippen LogP contribution < -0.4 is 16.2 Å². The monoisotopic (exact) mass is 326 g/mol. The summed E-state index contributed by atoms with van der Waals surface area (Å²) in [5.41, 5.74) is 10.7. The van der Waals surface area contributed by atoms with Crippen molar-refractivity contribution >= 4 is 17.3 Å². The Kier molecular flexibility index (Phi) is 3.90. The van der Waals surface area contributed by atoms with Crippen LogP contribution in [0, 0.1) is 0 Å². The summed E-state index contributed by atoms with van der Waals surface area (Å²) < 4.78 is 0. The highest BCUT2D eigenvalue weighted by atomic mass is 32.1. The summed E-state index contributed by atoms with van der Waals surface area (Å²) in [7, 11) is 0. The molecule has 0 atom stereocenters. The summed E-state index contributed by atoms with van der Waals surface area (Å²) in [5.74, 6) is 0. The van der Waals surface area contributed by atoms with Crippen LogP contribution in [0.1, 0.15) is 17.4 Å². The average Bonchev–Trinajstić information content (AvgIpc) is 2.94. The Bertz CT molecular complexity index is 683. The Morgan fingerprint density at radius 1 is 1.09 bits per heavy atom. The fourth-order valence-electron chi connectivity index (χ4n) is 3.10.